The van der Waals surface area contributed by atoms with E-state index in [9.17, 15) is 29.1 Å². The predicted molar refractivity (Wildman–Crippen MR) is 227 cm³/mol. The Morgan fingerprint density at radius 1 is 0.881 bits per heavy atom. The number of carbonyl (C=O) groups excluding carboxylic acids is 5. The molecule has 0 radical (unpaired) electrons. The van der Waals surface area contributed by atoms with Gasteiger partial charge in [0.25, 0.3) is 0 Å². The van der Waals surface area contributed by atoms with Gasteiger partial charge in [-0.1, -0.05) is 85.2 Å². The maximum Gasteiger partial charge on any atom is 0.309 e. The molecule has 2 aliphatic rings. The highest BCUT2D eigenvalue weighted by Crippen LogP contribution is 2.32. The van der Waals surface area contributed by atoms with Crippen LogP contribution in [-0.4, -0.2) is 128 Å². The normalized spacial score (nSPS) is 22.8. The van der Waals surface area contributed by atoms with Gasteiger partial charge in [-0.2, -0.15) is 0 Å². The number of carbonyl (C=O) groups is 5. The van der Waals surface area contributed by atoms with Crippen molar-refractivity contribution in [2.75, 3.05) is 34.9 Å². The Kier molecular flexibility index (Phi) is 19.8. The van der Waals surface area contributed by atoms with Crippen LogP contribution in [0.2, 0.25) is 0 Å². The molecule has 1 aliphatic carbocycles. The molecular weight excluding hydrogens is 755 g/mol. The van der Waals surface area contributed by atoms with Crippen molar-refractivity contribution >= 4 is 29.6 Å². The molecule has 0 aromatic heterocycles. The Labute approximate surface area is 353 Å². The smallest absolute Gasteiger partial charge is 0.309 e. The van der Waals surface area contributed by atoms with E-state index in [-0.39, 0.29) is 53.8 Å². The summed E-state index contributed by atoms with van der Waals surface area (Å²) in [6, 6.07) is 6.59. The number of nitrogens with zero attached hydrogens (tertiary/aromatic N) is 2. The van der Waals surface area contributed by atoms with E-state index >= 15 is 0 Å². The van der Waals surface area contributed by atoms with Crippen LogP contribution in [0, 0.1) is 29.6 Å². The summed E-state index contributed by atoms with van der Waals surface area (Å²) >= 11 is 0. The highest BCUT2D eigenvalue weighted by molar-refractivity contribution is 5.90. The van der Waals surface area contributed by atoms with E-state index in [0.29, 0.717) is 32.2 Å². The van der Waals surface area contributed by atoms with Crippen LogP contribution in [0.25, 0.3) is 0 Å². The number of methoxy groups -OCH3 is 2. The van der Waals surface area contributed by atoms with E-state index in [1.807, 2.05) is 71.9 Å². The number of likely N-dealkylation sites (N-methyl/N-ethyl adjacent to an activating group) is 2. The third kappa shape index (κ3) is 13.0. The molecule has 1 saturated heterocycles. The fourth-order valence-electron chi connectivity index (χ4n) is 8.98. The maximum atomic E-state index is 14.3. The average molecular weight is 830 g/mol. The predicted octanol–water partition coefficient (Wildman–Crippen LogP) is 4.24. The quantitative estimate of drug-likeness (QED) is 0.124. The number of esters is 1. The summed E-state index contributed by atoms with van der Waals surface area (Å²) in [5.74, 6) is -2.63. The molecule has 3 rings (SSSR count). The number of aliphatic hydroxyl groups is 1. The molecule has 1 heterocycles. The number of likely N-dealkylation sites (tertiary alicyclic amines) is 1. The van der Waals surface area contributed by atoms with E-state index in [2.05, 4.69) is 16.0 Å². The molecule has 4 amide bonds. The van der Waals surface area contributed by atoms with Crippen molar-refractivity contribution in [3.8, 4) is 0 Å². The van der Waals surface area contributed by atoms with Gasteiger partial charge in [-0.05, 0) is 69.4 Å². The van der Waals surface area contributed by atoms with Gasteiger partial charge in [0, 0.05) is 27.8 Å². The first-order valence-electron chi connectivity index (χ1n) is 21.7. The Balaban J connectivity index is 1.77. The third-order valence-electron chi connectivity index (χ3n) is 12.7. The zero-order chi connectivity index (χ0) is 44.1. The van der Waals surface area contributed by atoms with Gasteiger partial charge < -0.3 is 45.1 Å². The van der Waals surface area contributed by atoms with Gasteiger partial charge in [0.05, 0.1) is 60.7 Å². The fraction of sp³-hybridized carbons (Fsp3) is 0.756. The molecule has 334 valence electrons. The minimum Gasteiger partial charge on any atom is -0.455 e. The van der Waals surface area contributed by atoms with Crippen LogP contribution in [0.3, 0.4) is 0 Å². The van der Waals surface area contributed by atoms with Crippen LogP contribution in [0.1, 0.15) is 112 Å². The summed E-state index contributed by atoms with van der Waals surface area (Å²) in [6.45, 7) is 15.8. The third-order valence-corrected chi connectivity index (χ3v) is 12.7. The number of amides is 4. The summed E-state index contributed by atoms with van der Waals surface area (Å²) in [7, 11) is 6.55. The molecule has 1 saturated carbocycles. The SMILES string of the molecule is CC[C@H](C)[C@@H](C(CC(=O)N1CCC[C@H]1[C@H](OC)[C@@H](C)C(=O)N[C@H](C)[C@@H](OC(=O)C1CC[C@@H](O)C1)c1ccccc1)OC)N(C)C(=O)[C@@H](NC(=O)[C@@H](NC)C(C)C)C(C)C. The molecule has 1 aromatic rings. The number of aliphatic hydroxyl groups excluding tert-OH is 1. The molecule has 2 fully saturated rings. The molecule has 0 spiro atoms. The molecule has 14 nitrogen and oxygen atoms in total. The van der Waals surface area contributed by atoms with Gasteiger partial charge in [0.1, 0.15) is 12.1 Å². The Morgan fingerprint density at radius 2 is 1.53 bits per heavy atom. The summed E-state index contributed by atoms with van der Waals surface area (Å²) in [6.07, 6.45) is 0.998. The van der Waals surface area contributed by atoms with Crippen LogP contribution in [0.5, 0.6) is 0 Å². The standard InChI is InChI=1S/C45H75N5O9/c1-13-28(6)39(49(10)44(55)38(27(4)5)48-43(54)37(46-9)26(2)3)35(57-11)25-36(52)50-23-17-20-34(50)40(58-12)29(7)42(53)47-30(8)41(31-18-15-14-16-19-31)59-45(56)32-21-22-33(51)24-32/h14-16,18-19,26-30,32-35,37-41,46,51H,13,17,20-25H2,1-12H3,(H,47,53)(H,48,54)/t28-,29+,30+,32?,33+,34-,35?,37-,38-,39-,40+,41+/m0/s1. The Hall–Kier alpha value is -3.59. The summed E-state index contributed by atoms with van der Waals surface area (Å²) in [4.78, 5) is 72.4. The first-order valence-corrected chi connectivity index (χ1v) is 21.7. The summed E-state index contributed by atoms with van der Waals surface area (Å²) in [5.41, 5.74) is 0.740. The number of hydrogen-bond donors (Lipinski definition) is 4. The molecule has 59 heavy (non-hydrogen) atoms. The van der Waals surface area contributed by atoms with Crippen molar-refractivity contribution in [3.63, 3.8) is 0 Å². The van der Waals surface area contributed by atoms with E-state index in [4.69, 9.17) is 14.2 Å². The van der Waals surface area contributed by atoms with Gasteiger partial charge in [0.15, 0.2) is 0 Å². The zero-order valence-electron chi connectivity index (χ0n) is 37.7. The van der Waals surface area contributed by atoms with E-state index in [1.54, 1.807) is 52.0 Å². The van der Waals surface area contributed by atoms with Gasteiger partial charge in [-0.25, -0.2) is 0 Å². The zero-order valence-corrected chi connectivity index (χ0v) is 37.7. The lowest BCUT2D eigenvalue weighted by molar-refractivity contribution is -0.157. The monoisotopic (exact) mass is 830 g/mol. The molecule has 1 aromatic carbocycles. The van der Waals surface area contributed by atoms with Crippen molar-refractivity contribution < 1.29 is 43.3 Å². The van der Waals surface area contributed by atoms with Crippen LogP contribution in [-0.2, 0) is 38.2 Å². The molecule has 0 bridgehead atoms. The molecule has 14 heteroatoms. The molecule has 12 atom stereocenters. The Morgan fingerprint density at radius 3 is 2.05 bits per heavy atom. The highest BCUT2D eigenvalue weighted by atomic mass is 16.5. The number of ether oxygens (including phenoxy) is 3. The second-order valence-electron chi connectivity index (χ2n) is 17.6. The maximum absolute atomic E-state index is 14.3. The van der Waals surface area contributed by atoms with Crippen LogP contribution < -0.4 is 16.0 Å². The molecule has 1 aliphatic heterocycles. The summed E-state index contributed by atoms with van der Waals surface area (Å²) < 4.78 is 18.1. The van der Waals surface area contributed by atoms with Crippen molar-refractivity contribution in [3.05, 3.63) is 35.9 Å². The number of hydrogen-bond acceptors (Lipinski definition) is 10. The van der Waals surface area contributed by atoms with Crippen LogP contribution >= 0.6 is 0 Å². The lowest BCUT2D eigenvalue weighted by Gasteiger charge is -2.41. The minimum atomic E-state index is -0.779. The highest BCUT2D eigenvalue weighted by Gasteiger charge is 2.44. The van der Waals surface area contributed by atoms with Crippen molar-refractivity contribution in [1.82, 2.24) is 25.8 Å². The van der Waals surface area contributed by atoms with Gasteiger partial charge in [0.2, 0.25) is 23.6 Å². The first kappa shape index (κ1) is 49.8. The van der Waals surface area contributed by atoms with Crippen molar-refractivity contribution in [2.24, 2.45) is 29.6 Å². The first-order chi connectivity index (χ1) is 27.9. The average Bonchev–Trinajstić information content (AvgIpc) is 3.88. The number of benzene rings is 1. The topological polar surface area (TPSA) is 176 Å². The molecule has 2 unspecified atom stereocenters. The van der Waals surface area contributed by atoms with E-state index in [1.165, 1.54) is 0 Å². The largest absolute Gasteiger partial charge is 0.455 e. The van der Waals surface area contributed by atoms with Crippen molar-refractivity contribution in [1.29, 1.82) is 0 Å². The lowest BCUT2D eigenvalue weighted by Crippen LogP contribution is -2.59. The van der Waals surface area contributed by atoms with Gasteiger partial charge in [-0.15, -0.1) is 0 Å². The van der Waals surface area contributed by atoms with E-state index < -0.39 is 66.4 Å². The lowest BCUT2D eigenvalue weighted by atomic mass is 9.89. The van der Waals surface area contributed by atoms with Crippen LogP contribution in [0.15, 0.2) is 30.3 Å². The molecule has 4 N–H and O–H groups in total. The van der Waals surface area contributed by atoms with Crippen LogP contribution in [0.4, 0.5) is 0 Å². The second kappa shape index (κ2) is 23.4. The second-order valence-corrected chi connectivity index (χ2v) is 17.6. The number of nitrogens with one attached hydrogen (secondary N) is 3. The van der Waals surface area contributed by atoms with E-state index in [0.717, 1.165) is 18.4 Å². The van der Waals surface area contributed by atoms with Gasteiger partial charge >= 0.3 is 5.97 Å². The number of rotatable bonds is 22. The minimum absolute atomic E-state index is 0.00367. The van der Waals surface area contributed by atoms with Gasteiger partial charge in [-0.3, -0.25) is 24.0 Å². The fourth-order valence-corrected chi connectivity index (χ4v) is 8.98. The Bertz CT molecular complexity index is 1510. The molecular formula is C45H75N5O9. The summed E-state index contributed by atoms with van der Waals surface area (Å²) in [5, 5.41) is 19.1. The van der Waals surface area contributed by atoms with Crippen molar-refractivity contribution in [2.45, 2.75) is 155 Å².